The second-order valence-corrected chi connectivity index (χ2v) is 8.12. The van der Waals surface area contributed by atoms with Crippen LogP contribution in [0.4, 0.5) is 0 Å². The Labute approximate surface area is 191 Å². The number of para-hydroxylation sites is 1. The molecule has 0 spiro atoms. The summed E-state index contributed by atoms with van der Waals surface area (Å²) in [5.41, 5.74) is 5.58. The summed E-state index contributed by atoms with van der Waals surface area (Å²) < 4.78 is 9.99. The first-order chi connectivity index (χ1) is 16.1. The highest BCUT2D eigenvalue weighted by Crippen LogP contribution is 2.22. The van der Waals surface area contributed by atoms with Crippen molar-refractivity contribution in [2.75, 3.05) is 6.61 Å². The van der Waals surface area contributed by atoms with Gasteiger partial charge in [0.25, 0.3) is 5.91 Å². The topological polar surface area (TPSA) is 64.1 Å². The quantitative estimate of drug-likeness (QED) is 0.381. The van der Waals surface area contributed by atoms with Gasteiger partial charge in [-0.2, -0.15) is 0 Å². The fourth-order valence-corrected chi connectivity index (χ4v) is 4.08. The Hall–Kier alpha value is -4.13. The van der Waals surface area contributed by atoms with Crippen LogP contribution in [-0.2, 0) is 17.9 Å². The molecule has 0 unspecified atom stereocenters. The smallest absolute Gasteiger partial charge is 0.261 e. The number of carbonyl (C=O) groups is 1. The van der Waals surface area contributed by atoms with Crippen LogP contribution >= 0.6 is 0 Å². The molecule has 0 atom stereocenters. The summed E-state index contributed by atoms with van der Waals surface area (Å²) in [5, 5.41) is 0. The number of carbonyl (C=O) groups excluding carboxylic acids is 1. The number of imidazole rings is 2. The molecule has 0 N–H and O–H groups in total. The van der Waals surface area contributed by atoms with E-state index in [-0.39, 0.29) is 12.5 Å². The number of rotatable bonds is 7. The van der Waals surface area contributed by atoms with Gasteiger partial charge in [-0.15, -0.1) is 0 Å². The molecule has 4 aromatic heterocycles. The third kappa shape index (κ3) is 4.17. The average molecular weight is 440 g/mol. The standard InChI is InChI=1S/C26H25N5O2/c1-19-8-7-9-20(2)26(19)33-18-25(32)29(16-21-14-27-23-10-3-5-12-30(21)23)17-22-15-28-24-11-4-6-13-31(22)24/h3-15H,16-18H2,1-2H3. The van der Waals surface area contributed by atoms with Crippen LogP contribution in [0.1, 0.15) is 22.5 Å². The Morgan fingerprint density at radius 3 is 1.91 bits per heavy atom. The summed E-state index contributed by atoms with van der Waals surface area (Å²) in [7, 11) is 0. The summed E-state index contributed by atoms with van der Waals surface area (Å²) in [4.78, 5) is 24.1. The fraction of sp³-hybridized carbons (Fsp3) is 0.192. The van der Waals surface area contributed by atoms with Gasteiger partial charge in [-0.1, -0.05) is 30.3 Å². The molecule has 7 nitrogen and oxygen atoms in total. The molecule has 0 fully saturated rings. The second-order valence-electron chi connectivity index (χ2n) is 8.12. The zero-order valence-electron chi connectivity index (χ0n) is 18.7. The van der Waals surface area contributed by atoms with Crippen molar-refractivity contribution in [1.82, 2.24) is 23.7 Å². The second kappa shape index (κ2) is 8.78. The largest absolute Gasteiger partial charge is 0.483 e. The van der Waals surface area contributed by atoms with Gasteiger partial charge in [-0.05, 0) is 49.2 Å². The van der Waals surface area contributed by atoms with Crippen molar-refractivity contribution >= 4 is 17.2 Å². The fourth-order valence-electron chi connectivity index (χ4n) is 4.08. The van der Waals surface area contributed by atoms with E-state index in [0.29, 0.717) is 13.1 Å². The molecule has 0 saturated carbocycles. The van der Waals surface area contributed by atoms with Gasteiger partial charge in [0.2, 0.25) is 0 Å². The molecule has 5 rings (SSSR count). The van der Waals surface area contributed by atoms with Crippen molar-refractivity contribution in [2.24, 2.45) is 0 Å². The van der Waals surface area contributed by atoms with Crippen LogP contribution in [0.25, 0.3) is 11.3 Å². The van der Waals surface area contributed by atoms with Crippen LogP contribution in [0, 0.1) is 13.8 Å². The zero-order valence-corrected chi connectivity index (χ0v) is 18.7. The van der Waals surface area contributed by atoms with E-state index in [4.69, 9.17) is 4.74 Å². The minimum absolute atomic E-state index is 0.0425. The molecule has 7 heteroatoms. The highest BCUT2D eigenvalue weighted by molar-refractivity contribution is 5.78. The van der Waals surface area contributed by atoms with Gasteiger partial charge in [0, 0.05) is 12.4 Å². The van der Waals surface area contributed by atoms with Gasteiger partial charge >= 0.3 is 0 Å². The van der Waals surface area contributed by atoms with Crippen LogP contribution in [0.15, 0.2) is 79.4 Å². The number of hydrogen-bond donors (Lipinski definition) is 0. The van der Waals surface area contributed by atoms with E-state index >= 15 is 0 Å². The number of aryl methyl sites for hydroxylation is 2. The molecule has 4 heterocycles. The van der Waals surface area contributed by atoms with Gasteiger partial charge in [0.1, 0.15) is 17.0 Å². The maximum atomic E-state index is 13.4. The minimum atomic E-state index is -0.102. The van der Waals surface area contributed by atoms with Gasteiger partial charge < -0.3 is 18.4 Å². The van der Waals surface area contributed by atoms with Crippen LogP contribution in [0.2, 0.25) is 0 Å². The normalized spacial score (nSPS) is 11.2. The molecule has 1 aromatic carbocycles. The van der Waals surface area contributed by atoms with E-state index in [1.54, 1.807) is 4.90 Å². The highest BCUT2D eigenvalue weighted by Gasteiger charge is 2.20. The highest BCUT2D eigenvalue weighted by atomic mass is 16.5. The van der Waals surface area contributed by atoms with E-state index in [1.165, 1.54) is 0 Å². The number of benzene rings is 1. The predicted octanol–water partition coefficient (Wildman–Crippen LogP) is 4.21. The number of nitrogens with zero attached hydrogens (tertiary/aromatic N) is 5. The van der Waals surface area contributed by atoms with Crippen molar-refractivity contribution in [1.29, 1.82) is 0 Å². The molecule has 1 amide bonds. The van der Waals surface area contributed by atoms with Crippen molar-refractivity contribution in [3.05, 3.63) is 102 Å². The van der Waals surface area contributed by atoms with Gasteiger partial charge in [-0.3, -0.25) is 4.79 Å². The van der Waals surface area contributed by atoms with E-state index < -0.39 is 0 Å². The maximum Gasteiger partial charge on any atom is 0.261 e. The molecule has 0 radical (unpaired) electrons. The van der Waals surface area contributed by atoms with Crippen LogP contribution in [-0.4, -0.2) is 36.2 Å². The number of pyridine rings is 2. The molecule has 0 aliphatic carbocycles. The Balaban J connectivity index is 1.43. The summed E-state index contributed by atoms with van der Waals surface area (Å²) in [5.74, 6) is 0.657. The molecule has 33 heavy (non-hydrogen) atoms. The number of fused-ring (bicyclic) bond motifs is 2. The summed E-state index contributed by atoms with van der Waals surface area (Å²) in [6.07, 6.45) is 7.55. The first-order valence-corrected chi connectivity index (χ1v) is 10.9. The van der Waals surface area contributed by atoms with E-state index in [2.05, 4.69) is 9.97 Å². The Bertz CT molecular complexity index is 1340. The molecule has 5 aromatic rings. The minimum Gasteiger partial charge on any atom is -0.483 e. The van der Waals surface area contributed by atoms with Crippen molar-refractivity contribution in [3.63, 3.8) is 0 Å². The lowest BCUT2D eigenvalue weighted by atomic mass is 10.1. The molecule has 0 bridgehead atoms. The van der Waals surface area contributed by atoms with Crippen LogP contribution < -0.4 is 4.74 Å². The predicted molar refractivity (Wildman–Crippen MR) is 126 cm³/mol. The molecule has 166 valence electrons. The summed E-state index contributed by atoms with van der Waals surface area (Å²) in [6, 6.07) is 17.7. The van der Waals surface area contributed by atoms with Crippen molar-refractivity contribution < 1.29 is 9.53 Å². The maximum absolute atomic E-state index is 13.4. The molecular formula is C26H25N5O2. The Kier molecular flexibility index (Phi) is 5.52. The SMILES string of the molecule is Cc1cccc(C)c1OCC(=O)N(Cc1cnc2ccccn12)Cc1cnc2ccccn12. The van der Waals surface area contributed by atoms with Crippen molar-refractivity contribution in [2.45, 2.75) is 26.9 Å². The molecule has 0 saturated heterocycles. The van der Waals surface area contributed by atoms with E-state index in [9.17, 15) is 4.79 Å². The van der Waals surface area contributed by atoms with Gasteiger partial charge in [0.15, 0.2) is 6.61 Å². The third-order valence-electron chi connectivity index (χ3n) is 5.79. The van der Waals surface area contributed by atoms with E-state index in [0.717, 1.165) is 39.6 Å². The monoisotopic (exact) mass is 439 g/mol. The lowest BCUT2D eigenvalue weighted by Crippen LogP contribution is -2.35. The van der Waals surface area contributed by atoms with Crippen LogP contribution in [0.5, 0.6) is 5.75 Å². The van der Waals surface area contributed by atoms with Crippen molar-refractivity contribution in [3.8, 4) is 5.75 Å². The summed E-state index contributed by atoms with van der Waals surface area (Å²) in [6.45, 7) is 4.74. The average Bonchev–Trinajstić information content (AvgIpc) is 3.42. The third-order valence-corrected chi connectivity index (χ3v) is 5.79. The lowest BCUT2D eigenvalue weighted by Gasteiger charge is -2.23. The van der Waals surface area contributed by atoms with Gasteiger partial charge in [-0.25, -0.2) is 9.97 Å². The number of amides is 1. The lowest BCUT2D eigenvalue weighted by molar-refractivity contribution is -0.134. The van der Waals surface area contributed by atoms with E-state index in [1.807, 2.05) is 102 Å². The number of hydrogen-bond acceptors (Lipinski definition) is 4. The Morgan fingerprint density at radius 2 is 1.36 bits per heavy atom. The Morgan fingerprint density at radius 1 is 0.818 bits per heavy atom. The van der Waals surface area contributed by atoms with Crippen LogP contribution in [0.3, 0.4) is 0 Å². The van der Waals surface area contributed by atoms with Gasteiger partial charge in [0.05, 0.1) is 36.9 Å². The first kappa shape index (κ1) is 20.8. The first-order valence-electron chi connectivity index (χ1n) is 10.9. The summed E-state index contributed by atoms with van der Waals surface area (Å²) >= 11 is 0. The zero-order chi connectivity index (χ0) is 22.8. The number of ether oxygens (including phenoxy) is 1. The molecule has 0 aliphatic rings. The molecule has 0 aliphatic heterocycles. The molecular weight excluding hydrogens is 414 g/mol. The number of aromatic nitrogens is 4.